The minimum atomic E-state index is -0.475. The van der Waals surface area contributed by atoms with Gasteiger partial charge in [-0.15, -0.1) is 0 Å². The van der Waals surface area contributed by atoms with Gasteiger partial charge >= 0.3 is 5.69 Å². The molecule has 1 aliphatic rings. The van der Waals surface area contributed by atoms with Crippen LogP contribution >= 0.6 is 0 Å². The number of nitrogens with one attached hydrogen (secondary N) is 1. The second-order valence-electron chi connectivity index (χ2n) is 6.36. The molecule has 0 aliphatic carbocycles. The standard InChI is InChI=1S/C19H20N4O4/c1-21-12-13(18(26)22(2)19(21)27)8-9-16(24)20-14-5-3-6-15(11-14)23-10-4-7-17(23)25/h3,5-6,8-9,11-12H,4,7,10H2,1-2H3,(H,20,24)/b9-8+. The Morgan fingerprint density at radius 2 is 1.96 bits per heavy atom. The Balaban J connectivity index is 1.75. The van der Waals surface area contributed by atoms with E-state index in [1.807, 2.05) is 6.07 Å². The molecule has 0 atom stereocenters. The molecule has 1 fully saturated rings. The van der Waals surface area contributed by atoms with E-state index in [1.165, 1.54) is 37.0 Å². The predicted molar refractivity (Wildman–Crippen MR) is 103 cm³/mol. The van der Waals surface area contributed by atoms with Gasteiger partial charge in [-0.05, 0) is 30.7 Å². The number of anilines is 2. The molecule has 0 saturated carbocycles. The van der Waals surface area contributed by atoms with Crippen LogP contribution in [-0.4, -0.2) is 27.5 Å². The summed E-state index contributed by atoms with van der Waals surface area (Å²) in [6, 6.07) is 7.05. The van der Waals surface area contributed by atoms with Crippen molar-refractivity contribution in [1.29, 1.82) is 0 Å². The van der Waals surface area contributed by atoms with Crippen LogP contribution in [0.15, 0.2) is 46.1 Å². The minimum Gasteiger partial charge on any atom is -0.322 e. The zero-order valence-electron chi connectivity index (χ0n) is 15.1. The predicted octanol–water partition coefficient (Wildman–Crippen LogP) is 0.863. The largest absolute Gasteiger partial charge is 0.330 e. The van der Waals surface area contributed by atoms with Crippen molar-refractivity contribution in [2.45, 2.75) is 12.8 Å². The average molecular weight is 368 g/mol. The van der Waals surface area contributed by atoms with E-state index in [9.17, 15) is 19.2 Å². The average Bonchev–Trinajstić information content (AvgIpc) is 3.08. The number of amides is 2. The van der Waals surface area contributed by atoms with Crippen molar-refractivity contribution in [3.8, 4) is 0 Å². The zero-order chi connectivity index (χ0) is 19.6. The fourth-order valence-corrected chi connectivity index (χ4v) is 2.97. The van der Waals surface area contributed by atoms with Crippen molar-refractivity contribution in [3.63, 3.8) is 0 Å². The van der Waals surface area contributed by atoms with Gasteiger partial charge in [0.25, 0.3) is 5.56 Å². The SMILES string of the molecule is Cn1cc(/C=C/C(=O)Nc2cccc(N3CCCC3=O)c2)c(=O)n(C)c1=O. The Bertz CT molecular complexity index is 1050. The molecule has 0 spiro atoms. The molecule has 8 nitrogen and oxygen atoms in total. The first-order valence-corrected chi connectivity index (χ1v) is 8.53. The van der Waals surface area contributed by atoms with Gasteiger partial charge in [-0.3, -0.25) is 19.0 Å². The molecule has 2 amide bonds. The van der Waals surface area contributed by atoms with Gasteiger partial charge in [-0.1, -0.05) is 6.07 Å². The summed E-state index contributed by atoms with van der Waals surface area (Å²) in [6.45, 7) is 0.673. The fraction of sp³-hybridized carbons (Fsp3) is 0.263. The van der Waals surface area contributed by atoms with Gasteiger partial charge < -0.3 is 14.8 Å². The number of aromatic nitrogens is 2. The molecule has 1 saturated heterocycles. The summed E-state index contributed by atoms with van der Waals surface area (Å²) in [5.74, 6) is -0.347. The van der Waals surface area contributed by atoms with Gasteiger partial charge in [0, 0.05) is 50.7 Å². The highest BCUT2D eigenvalue weighted by atomic mass is 16.2. The number of rotatable bonds is 4. The molecule has 1 aromatic carbocycles. The number of hydrogen-bond acceptors (Lipinski definition) is 4. The van der Waals surface area contributed by atoms with E-state index in [0.29, 0.717) is 18.7 Å². The van der Waals surface area contributed by atoms with Gasteiger partial charge in [-0.2, -0.15) is 0 Å². The van der Waals surface area contributed by atoms with Crippen molar-refractivity contribution in [3.05, 3.63) is 62.9 Å². The third-order valence-electron chi connectivity index (χ3n) is 4.39. The third kappa shape index (κ3) is 3.89. The molecule has 2 heterocycles. The summed E-state index contributed by atoms with van der Waals surface area (Å²) in [6.07, 6.45) is 5.34. The van der Waals surface area contributed by atoms with Gasteiger partial charge in [0.05, 0.1) is 5.56 Å². The summed E-state index contributed by atoms with van der Waals surface area (Å²) < 4.78 is 2.25. The highest BCUT2D eigenvalue weighted by molar-refractivity contribution is 6.02. The maximum Gasteiger partial charge on any atom is 0.330 e. The number of carbonyl (C=O) groups excluding carboxylic acids is 2. The van der Waals surface area contributed by atoms with Crippen LogP contribution in [0.3, 0.4) is 0 Å². The zero-order valence-corrected chi connectivity index (χ0v) is 15.1. The fourth-order valence-electron chi connectivity index (χ4n) is 2.97. The molecule has 8 heteroatoms. The molecule has 1 aromatic heterocycles. The number of nitrogens with zero attached hydrogens (tertiary/aromatic N) is 3. The monoisotopic (exact) mass is 368 g/mol. The van der Waals surface area contributed by atoms with Gasteiger partial charge in [0.1, 0.15) is 0 Å². The van der Waals surface area contributed by atoms with E-state index in [-0.39, 0.29) is 11.5 Å². The normalized spacial score (nSPS) is 14.1. The Morgan fingerprint density at radius 1 is 1.19 bits per heavy atom. The lowest BCUT2D eigenvalue weighted by molar-refractivity contribution is -0.117. The van der Waals surface area contributed by atoms with Crippen molar-refractivity contribution >= 4 is 29.3 Å². The summed E-state index contributed by atoms with van der Waals surface area (Å²) in [5.41, 5.74) is 0.610. The second kappa shape index (κ2) is 7.45. The lowest BCUT2D eigenvalue weighted by Gasteiger charge is -2.16. The smallest absolute Gasteiger partial charge is 0.322 e. The van der Waals surface area contributed by atoms with Crippen molar-refractivity contribution in [2.75, 3.05) is 16.8 Å². The Kier molecular flexibility index (Phi) is 5.07. The van der Waals surface area contributed by atoms with E-state index < -0.39 is 17.2 Å². The topological polar surface area (TPSA) is 93.4 Å². The maximum absolute atomic E-state index is 12.2. The molecule has 3 rings (SSSR count). The van der Waals surface area contributed by atoms with E-state index in [1.54, 1.807) is 23.1 Å². The molecule has 0 bridgehead atoms. The van der Waals surface area contributed by atoms with Crippen LogP contribution in [0.2, 0.25) is 0 Å². The molecule has 1 N–H and O–H groups in total. The van der Waals surface area contributed by atoms with Gasteiger partial charge in [-0.25, -0.2) is 4.79 Å². The summed E-state index contributed by atoms with van der Waals surface area (Å²) >= 11 is 0. The lowest BCUT2D eigenvalue weighted by atomic mass is 10.2. The first kappa shape index (κ1) is 18.4. The van der Waals surface area contributed by atoms with Gasteiger partial charge in [0.2, 0.25) is 11.8 Å². The number of carbonyl (C=O) groups is 2. The lowest BCUT2D eigenvalue weighted by Crippen LogP contribution is -2.37. The van der Waals surface area contributed by atoms with E-state index >= 15 is 0 Å². The molecular weight excluding hydrogens is 348 g/mol. The molecular formula is C19H20N4O4. The number of aryl methyl sites for hydroxylation is 1. The molecule has 27 heavy (non-hydrogen) atoms. The van der Waals surface area contributed by atoms with Crippen LogP contribution in [0, 0.1) is 0 Å². The first-order valence-electron chi connectivity index (χ1n) is 8.53. The van der Waals surface area contributed by atoms with Crippen LogP contribution < -0.4 is 21.5 Å². The molecule has 140 valence electrons. The van der Waals surface area contributed by atoms with E-state index in [4.69, 9.17) is 0 Å². The summed E-state index contributed by atoms with van der Waals surface area (Å²) in [5, 5.41) is 2.71. The quantitative estimate of drug-likeness (QED) is 0.810. The number of benzene rings is 1. The first-order chi connectivity index (χ1) is 12.9. The van der Waals surface area contributed by atoms with Crippen LogP contribution in [0.25, 0.3) is 6.08 Å². The molecule has 0 unspecified atom stereocenters. The molecule has 2 aromatic rings. The Morgan fingerprint density at radius 3 is 2.67 bits per heavy atom. The van der Waals surface area contributed by atoms with E-state index in [0.717, 1.165) is 16.7 Å². The third-order valence-corrected chi connectivity index (χ3v) is 4.39. The maximum atomic E-state index is 12.2. The summed E-state index contributed by atoms with van der Waals surface area (Å²) in [7, 11) is 2.91. The minimum absolute atomic E-state index is 0.0731. The van der Waals surface area contributed by atoms with E-state index in [2.05, 4.69) is 5.32 Å². The Hall–Kier alpha value is -3.42. The van der Waals surface area contributed by atoms with Crippen LogP contribution in [0.5, 0.6) is 0 Å². The molecule has 0 radical (unpaired) electrons. The van der Waals surface area contributed by atoms with Gasteiger partial charge in [0.15, 0.2) is 0 Å². The van der Waals surface area contributed by atoms with Crippen LogP contribution in [-0.2, 0) is 23.7 Å². The van der Waals surface area contributed by atoms with Crippen LogP contribution in [0.1, 0.15) is 18.4 Å². The molecule has 1 aliphatic heterocycles. The van der Waals surface area contributed by atoms with Crippen molar-refractivity contribution < 1.29 is 9.59 Å². The van der Waals surface area contributed by atoms with Crippen molar-refractivity contribution in [2.24, 2.45) is 14.1 Å². The highest BCUT2D eigenvalue weighted by Crippen LogP contribution is 2.24. The second-order valence-corrected chi connectivity index (χ2v) is 6.36. The van der Waals surface area contributed by atoms with Crippen molar-refractivity contribution in [1.82, 2.24) is 9.13 Å². The van der Waals surface area contributed by atoms with Crippen LogP contribution in [0.4, 0.5) is 11.4 Å². The highest BCUT2D eigenvalue weighted by Gasteiger charge is 2.21. The number of hydrogen-bond donors (Lipinski definition) is 1. The Labute approximate surface area is 155 Å². The summed E-state index contributed by atoms with van der Waals surface area (Å²) in [4.78, 5) is 49.5.